The molecule has 0 aliphatic rings. The molecule has 0 spiro atoms. The second kappa shape index (κ2) is 6.64. The summed E-state index contributed by atoms with van der Waals surface area (Å²) in [6, 6.07) is 2.01. The molecular formula is C12H22N2O. The Kier molecular flexibility index (Phi) is 5.43. The van der Waals surface area contributed by atoms with E-state index in [0.717, 1.165) is 31.9 Å². The van der Waals surface area contributed by atoms with E-state index >= 15 is 0 Å². The lowest BCUT2D eigenvalue weighted by atomic mass is 10.3. The summed E-state index contributed by atoms with van der Waals surface area (Å²) >= 11 is 0. The van der Waals surface area contributed by atoms with E-state index in [9.17, 15) is 0 Å². The van der Waals surface area contributed by atoms with Crippen LogP contribution in [0.3, 0.4) is 0 Å². The number of nitrogens with zero attached hydrogens (tertiary/aromatic N) is 1. The standard InChI is InChI=1S/C12H22N2O/c1-4-6-13-7-8-14(3)10-12-11(2)5-9-15-12/h5,9,13H,4,6-8,10H2,1-3H3. The van der Waals surface area contributed by atoms with Crippen LogP contribution in [0.2, 0.25) is 0 Å². The maximum Gasteiger partial charge on any atom is 0.120 e. The molecule has 0 bridgehead atoms. The van der Waals surface area contributed by atoms with Crippen LogP contribution in [0.25, 0.3) is 0 Å². The van der Waals surface area contributed by atoms with Gasteiger partial charge in [0.25, 0.3) is 0 Å². The lowest BCUT2D eigenvalue weighted by molar-refractivity contribution is 0.293. The zero-order chi connectivity index (χ0) is 11.1. The minimum Gasteiger partial charge on any atom is -0.468 e. The maximum atomic E-state index is 5.40. The second-order valence-corrected chi connectivity index (χ2v) is 4.01. The van der Waals surface area contributed by atoms with Crippen molar-refractivity contribution in [3.63, 3.8) is 0 Å². The van der Waals surface area contributed by atoms with Gasteiger partial charge >= 0.3 is 0 Å². The van der Waals surface area contributed by atoms with Gasteiger partial charge in [-0.1, -0.05) is 6.92 Å². The third kappa shape index (κ3) is 4.49. The first-order chi connectivity index (χ1) is 7.24. The summed E-state index contributed by atoms with van der Waals surface area (Å²) in [4.78, 5) is 2.27. The van der Waals surface area contributed by atoms with Crippen molar-refractivity contribution in [2.24, 2.45) is 0 Å². The fourth-order valence-corrected chi connectivity index (χ4v) is 1.46. The Morgan fingerprint density at radius 3 is 2.80 bits per heavy atom. The van der Waals surface area contributed by atoms with Gasteiger partial charge in [0.2, 0.25) is 0 Å². The molecule has 0 amide bonds. The van der Waals surface area contributed by atoms with Crippen molar-refractivity contribution >= 4 is 0 Å². The Balaban J connectivity index is 2.18. The smallest absolute Gasteiger partial charge is 0.120 e. The van der Waals surface area contributed by atoms with Crippen LogP contribution in [-0.4, -0.2) is 31.6 Å². The van der Waals surface area contributed by atoms with E-state index in [1.807, 2.05) is 6.07 Å². The van der Waals surface area contributed by atoms with Crippen molar-refractivity contribution in [1.82, 2.24) is 10.2 Å². The number of hydrogen-bond acceptors (Lipinski definition) is 3. The van der Waals surface area contributed by atoms with Crippen LogP contribution in [0, 0.1) is 6.92 Å². The van der Waals surface area contributed by atoms with Crippen LogP contribution < -0.4 is 5.32 Å². The van der Waals surface area contributed by atoms with Crippen molar-refractivity contribution in [3.8, 4) is 0 Å². The van der Waals surface area contributed by atoms with E-state index < -0.39 is 0 Å². The largest absolute Gasteiger partial charge is 0.468 e. The molecule has 0 aromatic carbocycles. The molecule has 1 heterocycles. The van der Waals surface area contributed by atoms with E-state index in [4.69, 9.17) is 4.42 Å². The molecule has 0 atom stereocenters. The Morgan fingerprint density at radius 2 is 2.20 bits per heavy atom. The SMILES string of the molecule is CCCNCCN(C)Cc1occc1C. The van der Waals surface area contributed by atoms with Gasteiger partial charge in [-0.3, -0.25) is 4.90 Å². The molecule has 3 heteroatoms. The van der Waals surface area contributed by atoms with E-state index in [2.05, 4.69) is 31.1 Å². The van der Waals surface area contributed by atoms with Crippen LogP contribution >= 0.6 is 0 Å². The Morgan fingerprint density at radius 1 is 1.40 bits per heavy atom. The maximum absolute atomic E-state index is 5.40. The first-order valence-corrected chi connectivity index (χ1v) is 5.66. The fourth-order valence-electron chi connectivity index (χ4n) is 1.46. The minimum absolute atomic E-state index is 0.895. The summed E-state index contributed by atoms with van der Waals surface area (Å²) < 4.78 is 5.40. The van der Waals surface area contributed by atoms with Gasteiger partial charge in [0.05, 0.1) is 12.8 Å². The van der Waals surface area contributed by atoms with Crippen LogP contribution in [0.5, 0.6) is 0 Å². The summed E-state index contributed by atoms with van der Waals surface area (Å²) in [7, 11) is 2.12. The molecule has 0 radical (unpaired) electrons. The van der Waals surface area contributed by atoms with Crippen molar-refractivity contribution < 1.29 is 4.42 Å². The lowest BCUT2D eigenvalue weighted by Crippen LogP contribution is -2.29. The molecule has 0 saturated carbocycles. The highest BCUT2D eigenvalue weighted by atomic mass is 16.3. The van der Waals surface area contributed by atoms with Crippen LogP contribution in [0.4, 0.5) is 0 Å². The Hall–Kier alpha value is -0.800. The molecule has 3 nitrogen and oxygen atoms in total. The van der Waals surface area contributed by atoms with Gasteiger partial charge in [0.1, 0.15) is 5.76 Å². The highest BCUT2D eigenvalue weighted by Gasteiger charge is 2.05. The highest BCUT2D eigenvalue weighted by Crippen LogP contribution is 2.10. The molecule has 86 valence electrons. The van der Waals surface area contributed by atoms with Crippen molar-refractivity contribution in [3.05, 3.63) is 23.7 Å². The van der Waals surface area contributed by atoms with Gasteiger partial charge in [0, 0.05) is 13.1 Å². The first kappa shape index (κ1) is 12.3. The summed E-state index contributed by atoms with van der Waals surface area (Å²) in [6.45, 7) is 8.37. The fraction of sp³-hybridized carbons (Fsp3) is 0.667. The van der Waals surface area contributed by atoms with Crippen molar-refractivity contribution in [2.45, 2.75) is 26.8 Å². The number of aryl methyl sites for hydroxylation is 1. The molecule has 0 aliphatic carbocycles. The van der Waals surface area contributed by atoms with Crippen LogP contribution in [-0.2, 0) is 6.54 Å². The van der Waals surface area contributed by atoms with Crippen molar-refractivity contribution in [2.75, 3.05) is 26.7 Å². The van der Waals surface area contributed by atoms with Crippen molar-refractivity contribution in [1.29, 1.82) is 0 Å². The number of nitrogens with one attached hydrogen (secondary N) is 1. The molecule has 0 saturated heterocycles. The first-order valence-electron chi connectivity index (χ1n) is 5.66. The molecule has 1 rings (SSSR count). The summed E-state index contributed by atoms with van der Waals surface area (Å²) in [5, 5.41) is 3.39. The molecule has 1 aromatic rings. The molecule has 15 heavy (non-hydrogen) atoms. The molecule has 0 unspecified atom stereocenters. The predicted octanol–water partition coefficient (Wildman–Crippen LogP) is 2.02. The summed E-state index contributed by atoms with van der Waals surface area (Å²) in [5.41, 5.74) is 1.24. The van der Waals surface area contributed by atoms with E-state index in [1.165, 1.54) is 12.0 Å². The molecule has 0 fully saturated rings. The molecule has 0 aliphatic heterocycles. The van der Waals surface area contributed by atoms with Crippen LogP contribution in [0.15, 0.2) is 16.7 Å². The molecule has 1 N–H and O–H groups in total. The minimum atomic E-state index is 0.895. The zero-order valence-electron chi connectivity index (χ0n) is 10.0. The van der Waals surface area contributed by atoms with E-state index in [-0.39, 0.29) is 0 Å². The number of hydrogen-bond donors (Lipinski definition) is 1. The average molecular weight is 210 g/mol. The number of likely N-dealkylation sites (N-methyl/N-ethyl adjacent to an activating group) is 1. The normalized spacial score (nSPS) is 11.2. The van der Waals surface area contributed by atoms with Crippen LogP contribution in [0.1, 0.15) is 24.7 Å². The monoisotopic (exact) mass is 210 g/mol. The quantitative estimate of drug-likeness (QED) is 0.698. The molecule has 1 aromatic heterocycles. The second-order valence-electron chi connectivity index (χ2n) is 4.01. The number of rotatable bonds is 7. The average Bonchev–Trinajstić information content (AvgIpc) is 2.59. The topological polar surface area (TPSA) is 28.4 Å². The Bertz CT molecular complexity index is 270. The van der Waals surface area contributed by atoms with Gasteiger partial charge in [0.15, 0.2) is 0 Å². The van der Waals surface area contributed by atoms with Gasteiger partial charge in [-0.25, -0.2) is 0 Å². The zero-order valence-corrected chi connectivity index (χ0v) is 10.0. The third-order valence-corrected chi connectivity index (χ3v) is 2.48. The summed E-state index contributed by atoms with van der Waals surface area (Å²) in [6.07, 6.45) is 2.95. The Labute approximate surface area is 92.5 Å². The molecular weight excluding hydrogens is 188 g/mol. The predicted molar refractivity (Wildman–Crippen MR) is 62.9 cm³/mol. The number of furan rings is 1. The lowest BCUT2D eigenvalue weighted by Gasteiger charge is -2.15. The van der Waals surface area contributed by atoms with Gasteiger partial charge in [-0.05, 0) is 38.6 Å². The van der Waals surface area contributed by atoms with Gasteiger partial charge < -0.3 is 9.73 Å². The highest BCUT2D eigenvalue weighted by molar-refractivity contribution is 5.14. The summed E-state index contributed by atoms with van der Waals surface area (Å²) in [5.74, 6) is 1.08. The van der Waals surface area contributed by atoms with Gasteiger partial charge in [-0.2, -0.15) is 0 Å². The van der Waals surface area contributed by atoms with E-state index in [0.29, 0.717) is 0 Å². The van der Waals surface area contributed by atoms with Gasteiger partial charge in [-0.15, -0.1) is 0 Å². The van der Waals surface area contributed by atoms with E-state index in [1.54, 1.807) is 6.26 Å². The third-order valence-electron chi connectivity index (χ3n) is 2.48.